The van der Waals surface area contributed by atoms with E-state index in [0.29, 0.717) is 0 Å². The third-order valence-corrected chi connectivity index (χ3v) is 4.15. The summed E-state index contributed by atoms with van der Waals surface area (Å²) in [7, 11) is 0. The second kappa shape index (κ2) is 9.04. The van der Waals surface area contributed by atoms with Crippen LogP contribution in [0.15, 0.2) is 0 Å². The Hall–Kier alpha value is -0.0400. The van der Waals surface area contributed by atoms with Gasteiger partial charge in [0.05, 0.1) is 0 Å². The molecule has 0 aromatic heterocycles. The highest BCUT2D eigenvalue weighted by atomic mass is 15.1. The molecule has 1 nitrogen and oxygen atoms in total. The average molecular weight is 225 g/mol. The Bertz CT molecular complexity index is 140. The van der Waals surface area contributed by atoms with Crippen molar-refractivity contribution < 1.29 is 0 Å². The molecule has 16 heavy (non-hydrogen) atoms. The lowest BCUT2D eigenvalue weighted by Crippen LogP contribution is -2.35. The lowest BCUT2D eigenvalue weighted by molar-refractivity contribution is 0.189. The minimum Gasteiger partial charge on any atom is -0.301 e. The molecule has 1 aliphatic carbocycles. The molecule has 0 spiro atoms. The van der Waals surface area contributed by atoms with Crippen molar-refractivity contribution in [1.29, 1.82) is 0 Å². The van der Waals surface area contributed by atoms with Gasteiger partial charge in [-0.25, -0.2) is 0 Å². The molecule has 1 aliphatic rings. The number of rotatable bonds is 3. The molecule has 1 rings (SSSR count). The van der Waals surface area contributed by atoms with Crippen LogP contribution in [0.2, 0.25) is 0 Å². The Kier molecular flexibility index (Phi) is 7.92. The van der Waals surface area contributed by atoms with Crippen molar-refractivity contribution in [3.63, 3.8) is 0 Å². The SMILES string of the molecule is CCN(CC)C1CCCCCCCCCC1. The van der Waals surface area contributed by atoms with Crippen molar-refractivity contribution >= 4 is 0 Å². The first-order chi connectivity index (χ1) is 7.88. The predicted octanol–water partition coefficient (Wildman–Crippen LogP) is 4.61. The molecule has 0 aromatic rings. The van der Waals surface area contributed by atoms with Crippen LogP contribution in [0, 0.1) is 0 Å². The van der Waals surface area contributed by atoms with Crippen molar-refractivity contribution in [2.75, 3.05) is 13.1 Å². The molecule has 0 unspecified atom stereocenters. The standard InChI is InChI=1S/C15H31N/c1-3-16(4-2)15-13-11-9-7-5-6-8-10-12-14-15/h15H,3-14H2,1-2H3. The maximum absolute atomic E-state index is 2.68. The molecule has 0 aliphatic heterocycles. The molecule has 1 saturated carbocycles. The first-order valence-electron chi connectivity index (χ1n) is 7.62. The van der Waals surface area contributed by atoms with E-state index in [1.807, 2.05) is 0 Å². The van der Waals surface area contributed by atoms with Gasteiger partial charge in [0.2, 0.25) is 0 Å². The van der Waals surface area contributed by atoms with Crippen LogP contribution >= 0.6 is 0 Å². The van der Waals surface area contributed by atoms with Crippen LogP contribution in [0.25, 0.3) is 0 Å². The fourth-order valence-electron chi connectivity index (χ4n) is 3.07. The van der Waals surface area contributed by atoms with E-state index < -0.39 is 0 Å². The summed E-state index contributed by atoms with van der Waals surface area (Å²) in [6.45, 7) is 7.10. The Morgan fingerprint density at radius 2 is 1.06 bits per heavy atom. The molecular formula is C15H31N. The van der Waals surface area contributed by atoms with Gasteiger partial charge in [-0.15, -0.1) is 0 Å². The first-order valence-corrected chi connectivity index (χ1v) is 7.62. The van der Waals surface area contributed by atoms with E-state index >= 15 is 0 Å². The van der Waals surface area contributed by atoms with Gasteiger partial charge in [-0.3, -0.25) is 0 Å². The lowest BCUT2D eigenvalue weighted by atomic mass is 10.0. The largest absolute Gasteiger partial charge is 0.301 e. The lowest BCUT2D eigenvalue weighted by Gasteiger charge is -2.29. The third-order valence-electron chi connectivity index (χ3n) is 4.15. The number of hydrogen-bond acceptors (Lipinski definition) is 1. The second-order valence-corrected chi connectivity index (χ2v) is 5.28. The van der Waals surface area contributed by atoms with Gasteiger partial charge in [0.25, 0.3) is 0 Å². The van der Waals surface area contributed by atoms with E-state index in [0.717, 1.165) is 6.04 Å². The summed E-state index contributed by atoms with van der Waals surface area (Å²) in [6, 6.07) is 0.882. The number of nitrogens with zero attached hydrogens (tertiary/aromatic N) is 1. The van der Waals surface area contributed by atoms with Gasteiger partial charge < -0.3 is 4.90 Å². The molecule has 1 heteroatoms. The van der Waals surface area contributed by atoms with Crippen molar-refractivity contribution in [3.8, 4) is 0 Å². The zero-order chi connectivity index (χ0) is 11.6. The molecular weight excluding hydrogens is 194 g/mol. The first kappa shape index (κ1) is 14.0. The van der Waals surface area contributed by atoms with Crippen molar-refractivity contribution in [1.82, 2.24) is 4.90 Å². The van der Waals surface area contributed by atoms with Gasteiger partial charge >= 0.3 is 0 Å². The van der Waals surface area contributed by atoms with Crippen LogP contribution in [-0.2, 0) is 0 Å². The summed E-state index contributed by atoms with van der Waals surface area (Å²) >= 11 is 0. The van der Waals surface area contributed by atoms with E-state index in [1.54, 1.807) is 0 Å². The maximum Gasteiger partial charge on any atom is 0.00950 e. The van der Waals surface area contributed by atoms with Gasteiger partial charge in [0.1, 0.15) is 0 Å². The quantitative estimate of drug-likeness (QED) is 0.678. The van der Waals surface area contributed by atoms with Crippen LogP contribution in [0.5, 0.6) is 0 Å². The Labute approximate surface area is 103 Å². The van der Waals surface area contributed by atoms with Gasteiger partial charge in [-0.05, 0) is 25.9 Å². The molecule has 0 aromatic carbocycles. The van der Waals surface area contributed by atoms with Crippen LogP contribution < -0.4 is 0 Å². The number of hydrogen-bond donors (Lipinski definition) is 0. The van der Waals surface area contributed by atoms with Crippen LogP contribution in [0.1, 0.15) is 78.1 Å². The van der Waals surface area contributed by atoms with Crippen molar-refractivity contribution in [2.24, 2.45) is 0 Å². The highest BCUT2D eigenvalue weighted by Gasteiger charge is 2.15. The van der Waals surface area contributed by atoms with E-state index in [4.69, 9.17) is 0 Å². The molecule has 0 saturated heterocycles. The highest BCUT2D eigenvalue weighted by Crippen LogP contribution is 2.20. The summed E-state index contributed by atoms with van der Waals surface area (Å²) in [5.41, 5.74) is 0. The van der Waals surface area contributed by atoms with Crippen LogP contribution in [0.4, 0.5) is 0 Å². The predicted molar refractivity (Wildman–Crippen MR) is 72.9 cm³/mol. The fourth-order valence-corrected chi connectivity index (χ4v) is 3.07. The fraction of sp³-hybridized carbons (Fsp3) is 1.00. The smallest absolute Gasteiger partial charge is 0.00950 e. The molecule has 0 radical (unpaired) electrons. The monoisotopic (exact) mass is 225 g/mol. The summed E-state index contributed by atoms with van der Waals surface area (Å²) < 4.78 is 0. The van der Waals surface area contributed by atoms with Crippen molar-refractivity contribution in [2.45, 2.75) is 84.1 Å². The Morgan fingerprint density at radius 1 is 0.688 bits per heavy atom. The Balaban J connectivity index is 2.38. The zero-order valence-electron chi connectivity index (χ0n) is 11.5. The maximum atomic E-state index is 2.68. The topological polar surface area (TPSA) is 3.24 Å². The minimum atomic E-state index is 0.882. The van der Waals surface area contributed by atoms with Gasteiger partial charge in [-0.1, -0.05) is 65.2 Å². The molecule has 0 bridgehead atoms. The van der Waals surface area contributed by atoms with Gasteiger partial charge in [0, 0.05) is 6.04 Å². The molecule has 1 fully saturated rings. The van der Waals surface area contributed by atoms with Crippen LogP contribution in [-0.4, -0.2) is 24.0 Å². The minimum absolute atomic E-state index is 0.882. The van der Waals surface area contributed by atoms with E-state index in [-0.39, 0.29) is 0 Å². The van der Waals surface area contributed by atoms with E-state index in [9.17, 15) is 0 Å². The van der Waals surface area contributed by atoms with Gasteiger partial charge in [-0.2, -0.15) is 0 Å². The summed E-state index contributed by atoms with van der Waals surface area (Å²) in [5, 5.41) is 0. The molecule has 0 amide bonds. The summed E-state index contributed by atoms with van der Waals surface area (Å²) in [4.78, 5) is 2.68. The molecule has 0 heterocycles. The normalized spacial score (nSPS) is 21.9. The van der Waals surface area contributed by atoms with E-state index in [2.05, 4.69) is 18.7 Å². The Morgan fingerprint density at radius 3 is 1.44 bits per heavy atom. The molecule has 96 valence electrons. The highest BCUT2D eigenvalue weighted by molar-refractivity contribution is 4.71. The van der Waals surface area contributed by atoms with Crippen molar-refractivity contribution in [3.05, 3.63) is 0 Å². The second-order valence-electron chi connectivity index (χ2n) is 5.28. The average Bonchev–Trinajstić information content (AvgIpc) is 2.36. The van der Waals surface area contributed by atoms with Gasteiger partial charge in [0.15, 0.2) is 0 Å². The summed E-state index contributed by atoms with van der Waals surface area (Å²) in [5.74, 6) is 0. The zero-order valence-corrected chi connectivity index (χ0v) is 11.5. The molecule has 0 N–H and O–H groups in total. The van der Waals surface area contributed by atoms with E-state index in [1.165, 1.54) is 77.3 Å². The third kappa shape index (κ3) is 5.34. The molecule has 0 atom stereocenters. The van der Waals surface area contributed by atoms with Crippen LogP contribution in [0.3, 0.4) is 0 Å². The summed E-state index contributed by atoms with van der Waals surface area (Å²) in [6.07, 6.45) is 14.7.